The third kappa shape index (κ3) is 1.74. The van der Waals surface area contributed by atoms with Crippen LogP contribution in [0.5, 0.6) is 0 Å². The Morgan fingerprint density at radius 2 is 1.73 bits per heavy atom. The van der Waals surface area contributed by atoms with Crippen LogP contribution in [0.15, 0.2) is 42.5 Å². The minimum atomic E-state index is 0.306. The minimum Gasteiger partial charge on any atom is -0.442 e. The molecule has 2 aromatic rings. The van der Waals surface area contributed by atoms with Crippen molar-refractivity contribution in [2.75, 3.05) is 0 Å². The fraction of sp³-hybridized carbons (Fsp3) is 0.0769. The zero-order valence-electron chi connectivity index (χ0n) is 8.77. The first-order chi connectivity index (χ1) is 7.45. The SMILES string of the molecule is C1=Cc2cccc3cccc(c23)C1.O[SiH3]. The standard InChI is InChI=1S/C13H10.H4OSi/c1-4-10-6-2-8-12-9-3-7-11(5-1)13(10)12;1-2/h1-8H,9H2;1H,2H3. The quantitative estimate of drug-likeness (QED) is 0.661. The maximum atomic E-state index is 7.14. The summed E-state index contributed by atoms with van der Waals surface area (Å²) >= 11 is 0. The first kappa shape index (κ1) is 10.1. The van der Waals surface area contributed by atoms with Gasteiger partial charge in [-0.15, -0.1) is 0 Å². The van der Waals surface area contributed by atoms with Gasteiger partial charge < -0.3 is 4.80 Å². The van der Waals surface area contributed by atoms with Gasteiger partial charge in [-0.05, 0) is 28.3 Å². The van der Waals surface area contributed by atoms with Gasteiger partial charge in [0.2, 0.25) is 0 Å². The third-order valence-electron chi connectivity index (χ3n) is 2.66. The highest BCUT2D eigenvalue weighted by Crippen LogP contribution is 2.27. The Hall–Kier alpha value is -1.38. The smallest absolute Gasteiger partial charge is 0.141 e. The molecule has 0 unspecified atom stereocenters. The van der Waals surface area contributed by atoms with Crippen molar-refractivity contribution in [1.29, 1.82) is 0 Å². The molecule has 1 nitrogen and oxygen atoms in total. The predicted octanol–water partition coefficient (Wildman–Crippen LogP) is 1.67. The van der Waals surface area contributed by atoms with Crippen LogP contribution < -0.4 is 0 Å². The number of hydrogen-bond donors (Lipinski definition) is 1. The molecule has 76 valence electrons. The minimum absolute atomic E-state index is 0.306. The number of allylic oxidation sites excluding steroid dienone is 1. The summed E-state index contributed by atoms with van der Waals surface area (Å²) < 4.78 is 0. The summed E-state index contributed by atoms with van der Waals surface area (Å²) in [5, 5.41) is 2.80. The largest absolute Gasteiger partial charge is 0.442 e. The number of hydrogen-bond acceptors (Lipinski definition) is 1. The average Bonchev–Trinajstić information content (AvgIpc) is 2.33. The molecule has 0 atom stereocenters. The Morgan fingerprint density at radius 1 is 1.00 bits per heavy atom. The lowest BCUT2D eigenvalue weighted by molar-refractivity contribution is 0.629. The normalized spacial score (nSPS) is 12.3. The first-order valence-electron chi connectivity index (χ1n) is 5.07. The van der Waals surface area contributed by atoms with Gasteiger partial charge >= 0.3 is 0 Å². The molecule has 15 heavy (non-hydrogen) atoms. The molecule has 1 N–H and O–H groups in total. The lowest BCUT2D eigenvalue weighted by atomic mass is 9.93. The molecule has 0 saturated carbocycles. The number of benzene rings is 2. The van der Waals surface area contributed by atoms with E-state index in [2.05, 4.69) is 48.6 Å². The van der Waals surface area contributed by atoms with Crippen molar-refractivity contribution in [3.63, 3.8) is 0 Å². The second kappa shape index (κ2) is 4.42. The monoisotopic (exact) mass is 214 g/mol. The van der Waals surface area contributed by atoms with Gasteiger partial charge in [0, 0.05) is 0 Å². The van der Waals surface area contributed by atoms with Crippen molar-refractivity contribution in [3.05, 3.63) is 53.6 Å². The lowest BCUT2D eigenvalue weighted by Crippen LogP contribution is -1.91. The van der Waals surface area contributed by atoms with Crippen molar-refractivity contribution >= 4 is 27.3 Å². The average molecular weight is 214 g/mol. The van der Waals surface area contributed by atoms with Crippen LogP contribution in [0.1, 0.15) is 11.1 Å². The van der Waals surface area contributed by atoms with E-state index in [1.54, 1.807) is 0 Å². The van der Waals surface area contributed by atoms with Crippen molar-refractivity contribution < 1.29 is 4.80 Å². The molecular weight excluding hydrogens is 200 g/mol. The summed E-state index contributed by atoms with van der Waals surface area (Å²) in [5.74, 6) is 0. The van der Waals surface area contributed by atoms with Crippen LogP contribution in [0.2, 0.25) is 0 Å². The molecule has 0 amide bonds. The molecule has 0 aromatic heterocycles. The molecule has 0 aliphatic heterocycles. The van der Waals surface area contributed by atoms with Crippen LogP contribution in [0.4, 0.5) is 0 Å². The highest BCUT2D eigenvalue weighted by atomic mass is 28.2. The van der Waals surface area contributed by atoms with E-state index in [1.165, 1.54) is 21.9 Å². The predicted molar refractivity (Wildman–Crippen MR) is 68.8 cm³/mol. The molecule has 0 spiro atoms. The second-order valence-electron chi connectivity index (χ2n) is 3.47. The van der Waals surface area contributed by atoms with Gasteiger partial charge in [0.05, 0.1) is 0 Å². The van der Waals surface area contributed by atoms with Gasteiger partial charge in [0.15, 0.2) is 0 Å². The van der Waals surface area contributed by atoms with Gasteiger partial charge in [-0.25, -0.2) is 0 Å². The molecule has 0 bridgehead atoms. The summed E-state index contributed by atoms with van der Waals surface area (Å²) in [6, 6.07) is 13.0. The van der Waals surface area contributed by atoms with E-state index in [4.69, 9.17) is 4.80 Å². The van der Waals surface area contributed by atoms with Gasteiger partial charge in [-0.2, -0.15) is 0 Å². The molecule has 0 radical (unpaired) electrons. The van der Waals surface area contributed by atoms with Crippen LogP contribution in [0.3, 0.4) is 0 Å². The Bertz CT molecular complexity index is 498. The summed E-state index contributed by atoms with van der Waals surface area (Å²) in [6.07, 6.45) is 5.53. The van der Waals surface area contributed by atoms with Crippen LogP contribution in [-0.4, -0.2) is 15.3 Å². The highest BCUT2D eigenvalue weighted by molar-refractivity contribution is 5.95. The van der Waals surface area contributed by atoms with Crippen LogP contribution in [-0.2, 0) is 6.42 Å². The van der Waals surface area contributed by atoms with Crippen molar-refractivity contribution in [3.8, 4) is 0 Å². The molecule has 1 aliphatic carbocycles. The van der Waals surface area contributed by atoms with E-state index >= 15 is 0 Å². The molecular formula is C13H14OSi. The van der Waals surface area contributed by atoms with Crippen LogP contribution in [0.25, 0.3) is 16.8 Å². The maximum Gasteiger partial charge on any atom is 0.141 e. The van der Waals surface area contributed by atoms with E-state index in [0.717, 1.165) is 6.42 Å². The number of rotatable bonds is 0. The van der Waals surface area contributed by atoms with Gasteiger partial charge in [-0.3, -0.25) is 0 Å². The fourth-order valence-corrected chi connectivity index (χ4v) is 2.07. The maximum absolute atomic E-state index is 7.14. The van der Waals surface area contributed by atoms with E-state index in [1.807, 2.05) is 0 Å². The van der Waals surface area contributed by atoms with E-state index < -0.39 is 0 Å². The Balaban J connectivity index is 0.000000404. The van der Waals surface area contributed by atoms with Gasteiger partial charge in [0.1, 0.15) is 10.5 Å². The van der Waals surface area contributed by atoms with E-state index in [0.29, 0.717) is 10.5 Å². The molecule has 0 saturated heterocycles. The fourth-order valence-electron chi connectivity index (χ4n) is 2.07. The van der Waals surface area contributed by atoms with Crippen molar-refractivity contribution in [2.45, 2.75) is 6.42 Å². The topological polar surface area (TPSA) is 20.2 Å². The summed E-state index contributed by atoms with van der Waals surface area (Å²) in [5.41, 5.74) is 2.81. The van der Waals surface area contributed by atoms with Gasteiger partial charge in [-0.1, -0.05) is 48.6 Å². The lowest BCUT2D eigenvalue weighted by Gasteiger charge is -2.11. The van der Waals surface area contributed by atoms with Crippen LogP contribution in [0, 0.1) is 0 Å². The molecule has 2 aromatic carbocycles. The van der Waals surface area contributed by atoms with Crippen molar-refractivity contribution in [1.82, 2.24) is 0 Å². The summed E-state index contributed by atoms with van der Waals surface area (Å²) in [6.45, 7) is 0. The Kier molecular flexibility index (Phi) is 2.99. The Labute approximate surface area is 92.6 Å². The summed E-state index contributed by atoms with van der Waals surface area (Å²) in [4.78, 5) is 7.14. The molecule has 2 heteroatoms. The van der Waals surface area contributed by atoms with E-state index in [9.17, 15) is 0 Å². The first-order valence-corrected chi connectivity index (χ1v) is 5.96. The zero-order valence-corrected chi connectivity index (χ0v) is 10.8. The van der Waals surface area contributed by atoms with Gasteiger partial charge in [0.25, 0.3) is 0 Å². The second-order valence-corrected chi connectivity index (χ2v) is 3.47. The highest BCUT2D eigenvalue weighted by Gasteiger charge is 2.06. The molecule has 0 fully saturated rings. The Morgan fingerprint density at radius 3 is 2.53 bits per heavy atom. The third-order valence-corrected chi connectivity index (χ3v) is 2.66. The van der Waals surface area contributed by atoms with Crippen molar-refractivity contribution in [2.24, 2.45) is 0 Å². The molecule has 3 rings (SSSR count). The van der Waals surface area contributed by atoms with Crippen LogP contribution >= 0.6 is 0 Å². The zero-order chi connectivity index (χ0) is 10.7. The summed E-state index contributed by atoms with van der Waals surface area (Å²) in [7, 11) is 0.306. The molecule has 0 heterocycles. The van der Waals surface area contributed by atoms with E-state index in [-0.39, 0.29) is 0 Å². The molecule has 1 aliphatic rings.